The number of nitrogens with zero attached hydrogens (tertiary/aromatic N) is 2. The van der Waals surface area contributed by atoms with Gasteiger partial charge in [0.25, 0.3) is 11.6 Å². The molecule has 1 fully saturated rings. The van der Waals surface area contributed by atoms with Crippen LogP contribution in [0.5, 0.6) is 5.75 Å². The second kappa shape index (κ2) is 12.5. The highest BCUT2D eigenvalue weighted by Gasteiger charge is 2.66. The Morgan fingerprint density at radius 3 is 2.45 bits per heavy atom. The molecule has 1 spiro atoms. The Kier molecular flexibility index (Phi) is 9.45. The zero-order valence-corrected chi connectivity index (χ0v) is 26.8. The highest BCUT2D eigenvalue weighted by molar-refractivity contribution is 6.91. The second-order valence-corrected chi connectivity index (χ2v) is 17.1. The van der Waals surface area contributed by atoms with Crippen LogP contribution in [-0.2, 0) is 15.1 Å². The molecule has 1 amide bonds. The summed E-state index contributed by atoms with van der Waals surface area (Å²) < 4.78 is 12.2. The van der Waals surface area contributed by atoms with E-state index in [2.05, 4.69) is 58.2 Å². The topological polar surface area (TPSA) is 102 Å². The smallest absolute Gasteiger partial charge is 0.269 e. The number of nitro benzene ring substituents is 1. The quantitative estimate of drug-likeness (QED) is 0.143. The van der Waals surface area contributed by atoms with Crippen molar-refractivity contribution < 1.29 is 24.3 Å². The van der Waals surface area contributed by atoms with Crippen LogP contribution < -0.4 is 14.8 Å². The molecule has 0 aromatic heterocycles. The van der Waals surface area contributed by atoms with Crippen LogP contribution in [0.4, 0.5) is 11.4 Å². The first kappa shape index (κ1) is 31.7. The molecule has 1 N–H and O–H groups in total. The lowest BCUT2D eigenvalue weighted by Gasteiger charge is -2.37. The van der Waals surface area contributed by atoms with Crippen molar-refractivity contribution in [3.05, 3.63) is 81.4 Å². The van der Waals surface area contributed by atoms with E-state index in [1.807, 2.05) is 19.1 Å². The number of anilines is 1. The number of rotatable bonds is 11. The normalized spacial score (nSPS) is 23.8. The molecule has 4 atom stereocenters. The lowest BCUT2D eigenvalue weighted by molar-refractivity contribution is -0.385. The zero-order valence-electron chi connectivity index (χ0n) is 25.8. The van der Waals surface area contributed by atoms with E-state index < -0.39 is 18.6 Å². The Morgan fingerprint density at radius 2 is 1.86 bits per heavy atom. The number of nitro groups is 1. The van der Waals surface area contributed by atoms with E-state index in [4.69, 9.17) is 9.47 Å². The van der Waals surface area contributed by atoms with Crippen LogP contribution in [0.15, 0.2) is 65.8 Å². The Hall–Kier alpha value is -3.27. The fourth-order valence-electron chi connectivity index (χ4n) is 6.93. The number of benzene rings is 2. The molecule has 2 aromatic carbocycles. The van der Waals surface area contributed by atoms with E-state index in [-0.39, 0.29) is 35.8 Å². The van der Waals surface area contributed by atoms with Crippen molar-refractivity contribution in [3.8, 4) is 5.75 Å². The summed E-state index contributed by atoms with van der Waals surface area (Å²) in [6, 6.07) is 12.7. The van der Waals surface area contributed by atoms with Crippen LogP contribution in [0, 0.1) is 16.0 Å². The molecular formula is C33H44N2O6Si. The average Bonchev–Trinajstić information content (AvgIpc) is 3.37. The number of aliphatic hydroxyl groups is 1. The van der Waals surface area contributed by atoms with Crippen LogP contribution in [0.25, 0.3) is 0 Å². The molecule has 0 unspecified atom stereocenters. The number of methoxy groups -OCH3 is 1. The molecule has 8 nitrogen and oxygen atoms in total. The van der Waals surface area contributed by atoms with E-state index in [1.165, 1.54) is 28.5 Å². The molecule has 0 radical (unpaired) electrons. The summed E-state index contributed by atoms with van der Waals surface area (Å²) in [4.78, 5) is 27.7. The molecule has 42 heavy (non-hydrogen) atoms. The van der Waals surface area contributed by atoms with Gasteiger partial charge in [0.2, 0.25) is 0 Å². The van der Waals surface area contributed by atoms with Crippen molar-refractivity contribution in [3.63, 3.8) is 0 Å². The summed E-state index contributed by atoms with van der Waals surface area (Å²) in [6.07, 6.45) is 6.09. The van der Waals surface area contributed by atoms with Gasteiger partial charge in [-0.3, -0.25) is 14.9 Å². The van der Waals surface area contributed by atoms with Crippen LogP contribution >= 0.6 is 0 Å². The maximum atomic E-state index is 14.6. The molecule has 2 heterocycles. The molecule has 2 aromatic rings. The van der Waals surface area contributed by atoms with E-state index in [1.54, 1.807) is 18.1 Å². The summed E-state index contributed by atoms with van der Waals surface area (Å²) in [5.74, 6) is 0.303. The predicted octanol–water partition coefficient (Wildman–Crippen LogP) is 6.24. The minimum absolute atomic E-state index is 0.0320. The Balaban J connectivity index is 1.78. The van der Waals surface area contributed by atoms with Gasteiger partial charge in [0, 0.05) is 36.8 Å². The van der Waals surface area contributed by atoms with Crippen molar-refractivity contribution >= 4 is 30.5 Å². The van der Waals surface area contributed by atoms with Crippen molar-refractivity contribution in [1.29, 1.82) is 0 Å². The van der Waals surface area contributed by atoms with Gasteiger partial charge in [-0.05, 0) is 63.8 Å². The van der Waals surface area contributed by atoms with Crippen molar-refractivity contribution in [1.82, 2.24) is 0 Å². The number of carbonyl (C=O) groups is 1. The third kappa shape index (κ3) is 5.70. The zero-order chi connectivity index (χ0) is 30.8. The number of hydrogen-bond acceptors (Lipinski definition) is 6. The van der Waals surface area contributed by atoms with Gasteiger partial charge in [-0.25, -0.2) is 0 Å². The second-order valence-electron chi connectivity index (χ2n) is 12.4. The maximum absolute atomic E-state index is 14.6. The third-order valence-corrected chi connectivity index (χ3v) is 13.5. The number of hydrogen-bond donors (Lipinski definition) is 1. The van der Waals surface area contributed by atoms with E-state index in [0.29, 0.717) is 24.2 Å². The summed E-state index contributed by atoms with van der Waals surface area (Å²) in [5.41, 5.74) is 2.18. The number of allylic oxidation sites excluding steroid dienone is 3. The molecule has 0 aliphatic carbocycles. The lowest BCUT2D eigenvalue weighted by Crippen LogP contribution is -2.51. The highest BCUT2D eigenvalue weighted by Crippen LogP contribution is 2.60. The fourth-order valence-corrected chi connectivity index (χ4v) is 11.0. The summed E-state index contributed by atoms with van der Waals surface area (Å²) in [5, 5.41) is 23.1. The van der Waals surface area contributed by atoms with E-state index >= 15 is 0 Å². The van der Waals surface area contributed by atoms with Crippen molar-refractivity contribution in [2.75, 3.05) is 25.2 Å². The molecule has 226 valence electrons. The Bertz CT molecular complexity index is 1380. The van der Waals surface area contributed by atoms with Crippen LogP contribution in [0.1, 0.15) is 52.5 Å². The third-order valence-electron chi connectivity index (χ3n) is 9.16. The summed E-state index contributed by atoms with van der Waals surface area (Å²) in [6.45, 7) is 13.1. The van der Waals surface area contributed by atoms with Crippen LogP contribution in [0.3, 0.4) is 0 Å². The molecule has 2 aliphatic rings. The molecule has 9 heteroatoms. The average molecular weight is 593 g/mol. The monoisotopic (exact) mass is 592 g/mol. The lowest BCUT2D eigenvalue weighted by atomic mass is 9.82. The van der Waals surface area contributed by atoms with Gasteiger partial charge < -0.3 is 19.5 Å². The predicted molar refractivity (Wildman–Crippen MR) is 169 cm³/mol. The molecule has 0 bridgehead atoms. The van der Waals surface area contributed by atoms with Crippen molar-refractivity contribution in [2.24, 2.45) is 5.92 Å². The van der Waals surface area contributed by atoms with Gasteiger partial charge in [-0.1, -0.05) is 60.6 Å². The SMILES string of the molecule is COc1ccc([Si](C)(C)[C@@H]2[C@@H](CCO)O[C@]3(C(=O)N(C/C=C(\C)CCC=C(C)C)c4ccc([N+](=O)[O-])cc43)[C@H]2C)cc1. The van der Waals surface area contributed by atoms with E-state index in [9.17, 15) is 20.0 Å². The number of fused-ring (bicyclic) bond motifs is 2. The van der Waals surface area contributed by atoms with Crippen molar-refractivity contribution in [2.45, 2.75) is 77.3 Å². The number of ether oxygens (including phenoxy) is 2. The van der Waals surface area contributed by atoms with Gasteiger partial charge in [0.05, 0.1) is 31.9 Å². The molecule has 1 saturated heterocycles. The first-order valence-corrected chi connectivity index (χ1v) is 17.8. The Morgan fingerprint density at radius 1 is 1.17 bits per heavy atom. The number of non-ortho nitro benzene ring substituents is 1. The van der Waals surface area contributed by atoms with Gasteiger partial charge in [-0.2, -0.15) is 0 Å². The van der Waals surface area contributed by atoms with E-state index in [0.717, 1.165) is 18.6 Å². The van der Waals surface area contributed by atoms with Gasteiger partial charge in [-0.15, -0.1) is 0 Å². The fraction of sp³-hybridized carbons (Fsp3) is 0.485. The molecule has 0 saturated carbocycles. The van der Waals surface area contributed by atoms with Gasteiger partial charge >= 0.3 is 0 Å². The van der Waals surface area contributed by atoms with Crippen LogP contribution in [-0.4, -0.2) is 50.4 Å². The Labute approximate surface area is 250 Å². The summed E-state index contributed by atoms with van der Waals surface area (Å²) in [7, 11) is -0.683. The minimum Gasteiger partial charge on any atom is -0.497 e. The molecule has 2 aliphatic heterocycles. The molecule has 4 rings (SSSR count). The standard InChI is InChI=1S/C33H44N2O6Si/c1-22(2)9-8-10-23(3)17-19-34-29-16-11-25(35(38)39)21-28(29)33(32(34)37)24(4)31(30(41-33)18-20-36)42(6,7)27-14-12-26(40-5)13-15-27/h9,11-17,21,24,30-31,36H,8,10,18-20H2,1-7H3/b23-17+/t24-,30+,31-,33+/m0/s1. The first-order chi connectivity index (χ1) is 19.9. The highest BCUT2D eigenvalue weighted by atomic mass is 28.3. The maximum Gasteiger partial charge on any atom is 0.269 e. The van der Waals surface area contributed by atoms with Gasteiger partial charge in [0.15, 0.2) is 5.60 Å². The van der Waals surface area contributed by atoms with Gasteiger partial charge in [0.1, 0.15) is 5.75 Å². The largest absolute Gasteiger partial charge is 0.497 e. The summed E-state index contributed by atoms with van der Waals surface area (Å²) >= 11 is 0. The minimum atomic E-state index is -2.32. The number of carbonyl (C=O) groups excluding carboxylic acids is 1. The number of aliphatic hydroxyl groups excluding tert-OH is 1. The molecular weight excluding hydrogens is 548 g/mol. The number of amides is 1. The first-order valence-electron chi connectivity index (χ1n) is 14.7. The van der Waals surface area contributed by atoms with Crippen LogP contribution in [0.2, 0.25) is 18.6 Å².